The number of aliphatic carboxylic acids is 1. The monoisotopic (exact) mass is 328 g/mol. The van der Waals surface area contributed by atoms with Gasteiger partial charge >= 0.3 is 5.97 Å². The number of carbonyl (C=O) groups is 1. The van der Waals surface area contributed by atoms with Crippen LogP contribution in [-0.2, 0) is 14.8 Å². The molecule has 0 radical (unpaired) electrons. The number of rotatable bonds is 5. The van der Waals surface area contributed by atoms with Crippen LogP contribution in [0.25, 0.3) is 0 Å². The van der Waals surface area contributed by atoms with Crippen molar-refractivity contribution in [2.75, 3.05) is 13.2 Å². The Morgan fingerprint density at radius 3 is 2.77 bits per heavy atom. The van der Waals surface area contributed by atoms with E-state index >= 15 is 0 Å². The fraction of sp³-hybridized carbons (Fsp3) is 0.571. The van der Waals surface area contributed by atoms with Crippen molar-refractivity contribution in [3.8, 4) is 5.88 Å². The lowest BCUT2D eigenvalue weighted by Crippen LogP contribution is -2.48. The highest BCUT2D eigenvalue weighted by Crippen LogP contribution is 2.29. The Kier molecular flexibility index (Phi) is 5.02. The third kappa shape index (κ3) is 3.22. The predicted molar refractivity (Wildman–Crippen MR) is 79.1 cm³/mol. The van der Waals surface area contributed by atoms with Crippen LogP contribution in [0.3, 0.4) is 0 Å². The SMILES string of the molecule is CCOc1ccc(S(=O)(=O)N2CCC[C@H](C(=O)O)[C@@H]2C)cn1. The number of aromatic nitrogens is 1. The van der Waals surface area contributed by atoms with Gasteiger partial charge in [-0.3, -0.25) is 4.79 Å². The van der Waals surface area contributed by atoms with Gasteiger partial charge in [0.2, 0.25) is 15.9 Å². The zero-order valence-electron chi connectivity index (χ0n) is 12.6. The summed E-state index contributed by atoms with van der Waals surface area (Å²) in [5, 5.41) is 9.21. The van der Waals surface area contributed by atoms with Crippen molar-refractivity contribution in [1.82, 2.24) is 9.29 Å². The molecule has 1 aliphatic rings. The van der Waals surface area contributed by atoms with Gasteiger partial charge in [0.15, 0.2) is 0 Å². The molecule has 1 N–H and O–H groups in total. The van der Waals surface area contributed by atoms with E-state index in [1.54, 1.807) is 6.92 Å². The van der Waals surface area contributed by atoms with Gasteiger partial charge in [0.05, 0.1) is 18.7 Å². The highest BCUT2D eigenvalue weighted by Gasteiger charge is 2.39. The molecule has 0 unspecified atom stereocenters. The molecule has 0 saturated carbocycles. The molecule has 1 fully saturated rings. The lowest BCUT2D eigenvalue weighted by Gasteiger charge is -2.36. The third-order valence-electron chi connectivity index (χ3n) is 3.86. The van der Waals surface area contributed by atoms with Crippen LogP contribution in [0.1, 0.15) is 26.7 Å². The summed E-state index contributed by atoms with van der Waals surface area (Å²) in [7, 11) is -3.76. The van der Waals surface area contributed by atoms with Crippen molar-refractivity contribution in [3.05, 3.63) is 18.3 Å². The summed E-state index contributed by atoms with van der Waals surface area (Å²) in [6.45, 7) is 4.22. The van der Waals surface area contributed by atoms with Crippen LogP contribution in [0.15, 0.2) is 23.2 Å². The number of carboxylic acids is 1. The zero-order valence-corrected chi connectivity index (χ0v) is 13.4. The minimum atomic E-state index is -3.76. The first kappa shape index (κ1) is 16.7. The van der Waals surface area contributed by atoms with E-state index in [9.17, 15) is 18.3 Å². The van der Waals surface area contributed by atoms with Crippen LogP contribution in [0.4, 0.5) is 0 Å². The molecular formula is C14H20N2O5S. The van der Waals surface area contributed by atoms with Crippen LogP contribution in [0, 0.1) is 5.92 Å². The largest absolute Gasteiger partial charge is 0.481 e. The minimum absolute atomic E-state index is 0.0499. The van der Waals surface area contributed by atoms with E-state index in [0.29, 0.717) is 31.9 Å². The fourth-order valence-electron chi connectivity index (χ4n) is 2.67. The molecule has 1 saturated heterocycles. The summed E-state index contributed by atoms with van der Waals surface area (Å²) in [6, 6.07) is 2.35. The molecular weight excluding hydrogens is 308 g/mol. The van der Waals surface area contributed by atoms with Crippen molar-refractivity contribution < 1.29 is 23.1 Å². The maximum absolute atomic E-state index is 12.7. The Bertz CT molecular complexity index is 629. The Hall–Kier alpha value is -1.67. The normalized spacial score (nSPS) is 23.2. The summed E-state index contributed by atoms with van der Waals surface area (Å²) >= 11 is 0. The number of ether oxygens (including phenoxy) is 1. The van der Waals surface area contributed by atoms with E-state index in [1.165, 1.54) is 22.6 Å². The van der Waals surface area contributed by atoms with Crippen LogP contribution >= 0.6 is 0 Å². The molecule has 0 bridgehead atoms. The van der Waals surface area contributed by atoms with Crippen LogP contribution < -0.4 is 4.74 Å². The summed E-state index contributed by atoms with van der Waals surface area (Å²) < 4.78 is 31.8. The molecule has 22 heavy (non-hydrogen) atoms. The molecule has 1 aromatic heterocycles. The standard InChI is InChI=1S/C14H20N2O5S/c1-3-21-13-7-6-11(9-15-13)22(19,20)16-8-4-5-12(10(16)2)14(17)18/h6-7,9-10,12H,3-5,8H2,1-2H3,(H,17,18)/t10-,12-/m0/s1. The molecule has 2 heterocycles. The van der Waals surface area contributed by atoms with E-state index in [0.717, 1.165) is 0 Å². The first-order valence-corrected chi connectivity index (χ1v) is 8.65. The van der Waals surface area contributed by atoms with Gasteiger partial charge in [-0.1, -0.05) is 0 Å². The summed E-state index contributed by atoms with van der Waals surface area (Å²) in [5.74, 6) is -1.28. The average molecular weight is 328 g/mol. The van der Waals surface area contributed by atoms with E-state index in [1.807, 2.05) is 6.92 Å². The molecule has 2 rings (SSSR count). The second kappa shape index (κ2) is 6.62. The number of hydrogen-bond acceptors (Lipinski definition) is 5. The molecule has 0 amide bonds. The molecule has 2 atom stereocenters. The quantitative estimate of drug-likeness (QED) is 0.876. The number of hydrogen-bond donors (Lipinski definition) is 1. The number of piperidine rings is 1. The van der Waals surface area contributed by atoms with E-state index < -0.39 is 28.0 Å². The van der Waals surface area contributed by atoms with E-state index in [-0.39, 0.29) is 4.90 Å². The molecule has 7 nitrogen and oxygen atoms in total. The Balaban J connectivity index is 2.27. The lowest BCUT2D eigenvalue weighted by molar-refractivity contribution is -0.144. The van der Waals surface area contributed by atoms with Gasteiger partial charge in [-0.2, -0.15) is 4.31 Å². The summed E-state index contributed by atoms with van der Waals surface area (Å²) in [6.07, 6.45) is 2.27. The van der Waals surface area contributed by atoms with Gasteiger partial charge < -0.3 is 9.84 Å². The van der Waals surface area contributed by atoms with Crippen molar-refractivity contribution in [2.24, 2.45) is 5.92 Å². The molecule has 8 heteroatoms. The van der Waals surface area contributed by atoms with Crippen molar-refractivity contribution >= 4 is 16.0 Å². The Morgan fingerprint density at radius 1 is 1.50 bits per heavy atom. The van der Waals surface area contributed by atoms with Crippen LogP contribution in [0.2, 0.25) is 0 Å². The number of sulfonamides is 1. The van der Waals surface area contributed by atoms with Gasteiger partial charge in [-0.05, 0) is 32.8 Å². The number of nitrogens with zero attached hydrogens (tertiary/aromatic N) is 2. The first-order chi connectivity index (χ1) is 10.4. The van der Waals surface area contributed by atoms with Crippen LogP contribution in [-0.4, -0.2) is 48.0 Å². The smallest absolute Gasteiger partial charge is 0.308 e. The molecule has 0 aromatic carbocycles. The predicted octanol–water partition coefficient (Wildman–Crippen LogP) is 1.35. The summed E-state index contributed by atoms with van der Waals surface area (Å²) in [4.78, 5) is 15.3. The molecule has 1 aliphatic heterocycles. The second-order valence-electron chi connectivity index (χ2n) is 5.21. The topological polar surface area (TPSA) is 96.8 Å². The van der Waals surface area contributed by atoms with Crippen molar-refractivity contribution in [1.29, 1.82) is 0 Å². The average Bonchev–Trinajstić information content (AvgIpc) is 2.48. The highest BCUT2D eigenvalue weighted by molar-refractivity contribution is 7.89. The molecule has 1 aromatic rings. The summed E-state index contributed by atoms with van der Waals surface area (Å²) in [5.41, 5.74) is 0. The maximum Gasteiger partial charge on any atom is 0.308 e. The van der Waals surface area contributed by atoms with Gasteiger partial charge in [0, 0.05) is 18.7 Å². The number of carboxylic acid groups (broad SMARTS) is 1. The van der Waals surface area contributed by atoms with E-state index in [2.05, 4.69) is 4.98 Å². The van der Waals surface area contributed by atoms with Crippen molar-refractivity contribution in [2.45, 2.75) is 37.6 Å². The number of pyridine rings is 1. The zero-order chi connectivity index (χ0) is 16.3. The molecule has 0 aliphatic carbocycles. The van der Waals surface area contributed by atoms with Gasteiger partial charge in [-0.25, -0.2) is 13.4 Å². The first-order valence-electron chi connectivity index (χ1n) is 7.21. The third-order valence-corrected chi connectivity index (χ3v) is 5.83. The van der Waals surface area contributed by atoms with Gasteiger partial charge in [0.1, 0.15) is 4.90 Å². The van der Waals surface area contributed by atoms with Gasteiger partial charge in [0.25, 0.3) is 0 Å². The fourth-order valence-corrected chi connectivity index (χ4v) is 4.32. The molecule has 122 valence electrons. The highest BCUT2D eigenvalue weighted by atomic mass is 32.2. The van der Waals surface area contributed by atoms with Crippen molar-refractivity contribution in [3.63, 3.8) is 0 Å². The second-order valence-corrected chi connectivity index (χ2v) is 7.10. The van der Waals surface area contributed by atoms with Crippen LogP contribution in [0.5, 0.6) is 5.88 Å². The van der Waals surface area contributed by atoms with Gasteiger partial charge in [-0.15, -0.1) is 0 Å². The minimum Gasteiger partial charge on any atom is -0.481 e. The Morgan fingerprint density at radius 2 is 2.23 bits per heavy atom. The lowest BCUT2D eigenvalue weighted by atomic mass is 9.92. The molecule has 0 spiro atoms. The van der Waals surface area contributed by atoms with E-state index in [4.69, 9.17) is 4.74 Å². The Labute approximate surface area is 130 Å². The maximum atomic E-state index is 12.7.